The van der Waals surface area contributed by atoms with Crippen LogP contribution in [0.1, 0.15) is 28.4 Å². The van der Waals surface area contributed by atoms with Crippen molar-refractivity contribution in [1.82, 2.24) is 5.32 Å². The Hall–Kier alpha value is -3.35. The molecule has 148 valence electrons. The SMILES string of the molecule is CCOc1ccccc1C(=O)NCC(=O)OCC(=O)Nc1ccc(C)c(C)c1. The molecule has 0 spiro atoms. The maximum absolute atomic E-state index is 12.2. The number of esters is 1. The molecule has 2 aromatic rings. The summed E-state index contributed by atoms with van der Waals surface area (Å²) in [4.78, 5) is 35.9. The first-order valence-electron chi connectivity index (χ1n) is 8.93. The number of para-hydroxylation sites is 1. The standard InChI is InChI=1S/C21H24N2O5/c1-4-27-18-8-6-5-7-17(18)21(26)22-12-20(25)28-13-19(24)23-16-10-9-14(2)15(3)11-16/h5-11H,4,12-13H2,1-3H3,(H,22,26)(H,23,24). The molecule has 2 amide bonds. The lowest BCUT2D eigenvalue weighted by Crippen LogP contribution is -2.32. The monoisotopic (exact) mass is 384 g/mol. The highest BCUT2D eigenvalue weighted by Gasteiger charge is 2.14. The minimum atomic E-state index is -0.711. The van der Waals surface area contributed by atoms with Gasteiger partial charge in [0.05, 0.1) is 12.2 Å². The van der Waals surface area contributed by atoms with E-state index in [9.17, 15) is 14.4 Å². The lowest BCUT2D eigenvalue weighted by molar-refractivity contribution is -0.146. The molecule has 2 aromatic carbocycles. The Balaban J connectivity index is 1.78. The van der Waals surface area contributed by atoms with E-state index < -0.39 is 24.4 Å². The van der Waals surface area contributed by atoms with Gasteiger partial charge in [-0.05, 0) is 56.2 Å². The van der Waals surface area contributed by atoms with Crippen molar-refractivity contribution < 1.29 is 23.9 Å². The van der Waals surface area contributed by atoms with E-state index in [1.165, 1.54) is 0 Å². The minimum Gasteiger partial charge on any atom is -0.493 e. The predicted molar refractivity (Wildman–Crippen MR) is 105 cm³/mol. The molecule has 28 heavy (non-hydrogen) atoms. The lowest BCUT2D eigenvalue weighted by atomic mass is 10.1. The number of carbonyl (C=O) groups is 3. The third kappa shape index (κ3) is 6.12. The number of anilines is 1. The number of hydrogen-bond acceptors (Lipinski definition) is 5. The van der Waals surface area contributed by atoms with Crippen LogP contribution in [-0.2, 0) is 14.3 Å². The molecule has 0 aliphatic rings. The van der Waals surface area contributed by atoms with Crippen LogP contribution in [0.2, 0.25) is 0 Å². The highest BCUT2D eigenvalue weighted by Crippen LogP contribution is 2.17. The van der Waals surface area contributed by atoms with Crippen molar-refractivity contribution in [3.63, 3.8) is 0 Å². The van der Waals surface area contributed by atoms with E-state index in [4.69, 9.17) is 9.47 Å². The zero-order valence-corrected chi connectivity index (χ0v) is 16.2. The van der Waals surface area contributed by atoms with Gasteiger partial charge in [0.1, 0.15) is 12.3 Å². The van der Waals surface area contributed by atoms with Gasteiger partial charge in [0.15, 0.2) is 6.61 Å². The van der Waals surface area contributed by atoms with Crippen LogP contribution in [0.5, 0.6) is 5.75 Å². The number of ether oxygens (including phenoxy) is 2. The maximum Gasteiger partial charge on any atom is 0.325 e. The average Bonchev–Trinajstić information content (AvgIpc) is 2.68. The summed E-state index contributed by atoms with van der Waals surface area (Å²) in [5, 5.41) is 5.12. The van der Waals surface area contributed by atoms with Crippen molar-refractivity contribution in [3.8, 4) is 5.75 Å². The molecule has 0 heterocycles. The topological polar surface area (TPSA) is 93.7 Å². The highest BCUT2D eigenvalue weighted by atomic mass is 16.5. The van der Waals surface area contributed by atoms with E-state index in [0.717, 1.165) is 11.1 Å². The highest BCUT2D eigenvalue weighted by molar-refractivity contribution is 5.98. The summed E-state index contributed by atoms with van der Waals surface area (Å²) in [5.74, 6) is -1.19. The van der Waals surface area contributed by atoms with Crippen LogP contribution in [0.4, 0.5) is 5.69 Å². The fourth-order valence-corrected chi connectivity index (χ4v) is 2.40. The molecule has 0 bridgehead atoms. The third-order valence-electron chi connectivity index (χ3n) is 3.98. The van der Waals surface area contributed by atoms with Crippen LogP contribution in [0.25, 0.3) is 0 Å². The van der Waals surface area contributed by atoms with Gasteiger partial charge in [0.2, 0.25) is 0 Å². The van der Waals surface area contributed by atoms with E-state index in [1.54, 1.807) is 30.3 Å². The Morgan fingerprint density at radius 3 is 2.46 bits per heavy atom. The molecule has 0 saturated heterocycles. The number of carbonyl (C=O) groups excluding carboxylic acids is 3. The van der Waals surface area contributed by atoms with Crippen molar-refractivity contribution in [2.75, 3.05) is 25.1 Å². The zero-order chi connectivity index (χ0) is 20.5. The number of benzene rings is 2. The predicted octanol–water partition coefficient (Wildman–Crippen LogP) is 2.61. The zero-order valence-electron chi connectivity index (χ0n) is 16.2. The summed E-state index contributed by atoms with van der Waals surface area (Å²) in [5.41, 5.74) is 3.12. The summed E-state index contributed by atoms with van der Waals surface area (Å²) >= 11 is 0. The van der Waals surface area contributed by atoms with E-state index in [2.05, 4.69) is 10.6 Å². The Morgan fingerprint density at radius 2 is 1.75 bits per heavy atom. The largest absolute Gasteiger partial charge is 0.493 e. The molecule has 7 heteroatoms. The first kappa shape index (κ1) is 21.0. The van der Waals surface area contributed by atoms with E-state index in [0.29, 0.717) is 23.6 Å². The smallest absolute Gasteiger partial charge is 0.325 e. The maximum atomic E-state index is 12.2. The Kier molecular flexibility index (Phi) is 7.56. The summed E-state index contributed by atoms with van der Waals surface area (Å²) in [6.45, 7) is 5.37. The fourth-order valence-electron chi connectivity index (χ4n) is 2.40. The minimum absolute atomic E-state index is 0.324. The second-order valence-corrected chi connectivity index (χ2v) is 6.12. The number of hydrogen-bond donors (Lipinski definition) is 2. The summed E-state index contributed by atoms with van der Waals surface area (Å²) in [7, 11) is 0. The van der Waals surface area contributed by atoms with Crippen LogP contribution in [0.3, 0.4) is 0 Å². The van der Waals surface area contributed by atoms with Gasteiger partial charge >= 0.3 is 5.97 Å². The van der Waals surface area contributed by atoms with E-state index >= 15 is 0 Å². The molecule has 2 rings (SSSR count). The third-order valence-corrected chi connectivity index (χ3v) is 3.98. The second kappa shape index (κ2) is 10.1. The first-order valence-corrected chi connectivity index (χ1v) is 8.93. The number of nitrogens with one attached hydrogen (secondary N) is 2. The fraction of sp³-hybridized carbons (Fsp3) is 0.286. The van der Waals surface area contributed by atoms with Crippen LogP contribution < -0.4 is 15.4 Å². The van der Waals surface area contributed by atoms with Gasteiger partial charge in [0.25, 0.3) is 11.8 Å². The van der Waals surface area contributed by atoms with Crippen molar-refractivity contribution >= 4 is 23.5 Å². The lowest BCUT2D eigenvalue weighted by Gasteiger charge is -2.11. The Labute approximate surface area is 164 Å². The molecule has 0 unspecified atom stereocenters. The van der Waals surface area contributed by atoms with Gasteiger partial charge in [-0.1, -0.05) is 18.2 Å². The van der Waals surface area contributed by atoms with Crippen LogP contribution >= 0.6 is 0 Å². The van der Waals surface area contributed by atoms with Crippen molar-refractivity contribution in [1.29, 1.82) is 0 Å². The van der Waals surface area contributed by atoms with Gasteiger partial charge in [-0.25, -0.2) is 0 Å². The molecule has 0 aromatic heterocycles. The normalized spacial score (nSPS) is 10.1. The van der Waals surface area contributed by atoms with Crippen molar-refractivity contribution in [2.45, 2.75) is 20.8 Å². The van der Waals surface area contributed by atoms with Gasteiger partial charge in [-0.2, -0.15) is 0 Å². The molecule has 0 aliphatic carbocycles. The van der Waals surface area contributed by atoms with Gasteiger partial charge in [0, 0.05) is 5.69 Å². The summed E-state index contributed by atoms with van der Waals surface area (Å²) in [6, 6.07) is 12.2. The molecule has 2 N–H and O–H groups in total. The van der Waals surface area contributed by atoms with Crippen molar-refractivity contribution in [3.05, 3.63) is 59.2 Å². The molecular formula is C21H24N2O5. The van der Waals surface area contributed by atoms with Crippen LogP contribution in [0.15, 0.2) is 42.5 Å². The molecule has 0 radical (unpaired) electrons. The number of rotatable bonds is 8. The van der Waals surface area contributed by atoms with Crippen LogP contribution in [-0.4, -0.2) is 37.5 Å². The molecular weight excluding hydrogens is 360 g/mol. The molecule has 0 saturated carbocycles. The summed E-state index contributed by atoms with van der Waals surface area (Å²) in [6.07, 6.45) is 0. The van der Waals surface area contributed by atoms with Gasteiger partial charge in [-0.15, -0.1) is 0 Å². The number of amides is 2. The average molecular weight is 384 g/mol. The second-order valence-electron chi connectivity index (χ2n) is 6.12. The quantitative estimate of drug-likeness (QED) is 0.683. The molecule has 0 fully saturated rings. The first-order chi connectivity index (χ1) is 13.4. The molecule has 7 nitrogen and oxygen atoms in total. The van der Waals surface area contributed by atoms with Gasteiger partial charge < -0.3 is 20.1 Å². The molecule has 0 atom stereocenters. The Bertz CT molecular complexity index is 864. The van der Waals surface area contributed by atoms with E-state index in [-0.39, 0.29) is 6.54 Å². The number of aryl methyl sites for hydroxylation is 2. The molecule has 0 aliphatic heterocycles. The van der Waals surface area contributed by atoms with E-state index in [1.807, 2.05) is 32.9 Å². The van der Waals surface area contributed by atoms with Crippen molar-refractivity contribution in [2.24, 2.45) is 0 Å². The van der Waals surface area contributed by atoms with Crippen LogP contribution in [0, 0.1) is 13.8 Å². The Morgan fingerprint density at radius 1 is 1.00 bits per heavy atom. The van der Waals surface area contributed by atoms with Gasteiger partial charge in [-0.3, -0.25) is 14.4 Å². The summed E-state index contributed by atoms with van der Waals surface area (Å²) < 4.78 is 10.3.